The molecule has 11 heteroatoms. The van der Waals surface area contributed by atoms with E-state index in [0.717, 1.165) is 18.2 Å². The first kappa shape index (κ1) is 29.5. The Balaban J connectivity index is 2.24. The minimum absolute atomic E-state index is 0.0271. The summed E-state index contributed by atoms with van der Waals surface area (Å²) in [7, 11) is 0. The van der Waals surface area contributed by atoms with Crippen molar-refractivity contribution in [2.75, 3.05) is 0 Å². The highest BCUT2D eigenvalue weighted by molar-refractivity contribution is 9.10. The largest absolute Gasteiger partial charge is 0.458 e. The van der Waals surface area contributed by atoms with Crippen LogP contribution in [0.5, 0.6) is 0 Å². The molecule has 2 unspecified atom stereocenters. The average molecular weight is 616 g/mol. The number of halogens is 7. The zero-order valence-electron chi connectivity index (χ0n) is 19.1. The van der Waals surface area contributed by atoms with Gasteiger partial charge in [-0.15, -0.1) is 0 Å². The highest BCUT2D eigenvalue weighted by Crippen LogP contribution is 2.41. The summed E-state index contributed by atoms with van der Waals surface area (Å²) in [6.07, 6.45) is -2.39. The first-order valence-corrected chi connectivity index (χ1v) is 12.1. The van der Waals surface area contributed by atoms with Gasteiger partial charge in [-0.3, -0.25) is 4.79 Å². The Morgan fingerprint density at radius 1 is 1.06 bits per heavy atom. The van der Waals surface area contributed by atoms with Gasteiger partial charge < -0.3 is 10.1 Å². The van der Waals surface area contributed by atoms with Crippen LogP contribution in [0, 0.1) is 0 Å². The van der Waals surface area contributed by atoms with Crippen molar-refractivity contribution in [3.05, 3.63) is 72.6 Å². The third kappa shape index (κ3) is 8.41. The molecule has 2 atom stereocenters. The lowest BCUT2D eigenvalue weighted by molar-refractivity contribution is -0.156. The lowest BCUT2D eigenvalue weighted by Gasteiger charge is -2.22. The minimum atomic E-state index is -4.62. The number of carbonyl (C=O) groups is 2. The fraction of sp³-hybridized carbons (Fsp3) is 0.333. The summed E-state index contributed by atoms with van der Waals surface area (Å²) >= 11 is 20.9. The van der Waals surface area contributed by atoms with E-state index in [1.54, 1.807) is 20.8 Å². The van der Waals surface area contributed by atoms with Crippen molar-refractivity contribution in [3.63, 3.8) is 0 Å². The molecule has 0 saturated heterocycles. The Hall–Kier alpha value is -1.74. The molecule has 4 nitrogen and oxygen atoms in total. The molecule has 0 bridgehead atoms. The Morgan fingerprint density at radius 2 is 1.63 bits per heavy atom. The molecule has 0 aliphatic heterocycles. The van der Waals surface area contributed by atoms with Gasteiger partial charge in [-0.25, -0.2) is 4.79 Å². The maximum Gasteiger partial charge on any atom is 0.399 e. The van der Waals surface area contributed by atoms with Crippen LogP contribution in [0.4, 0.5) is 13.2 Å². The lowest BCUT2D eigenvalue weighted by atomic mass is 9.97. The summed E-state index contributed by atoms with van der Waals surface area (Å²) in [6.45, 7) is 6.62. The van der Waals surface area contributed by atoms with E-state index < -0.39 is 35.6 Å². The molecule has 2 aromatic carbocycles. The molecule has 1 amide bonds. The molecular weight excluding hydrogens is 594 g/mol. The quantitative estimate of drug-likeness (QED) is 0.263. The monoisotopic (exact) mass is 613 g/mol. The number of allylic oxidation sites excluding steroid dienone is 1. The third-order valence-electron chi connectivity index (χ3n) is 4.54. The van der Waals surface area contributed by atoms with Crippen molar-refractivity contribution in [3.8, 4) is 0 Å². The maximum atomic E-state index is 13.7. The van der Waals surface area contributed by atoms with Crippen molar-refractivity contribution in [2.24, 2.45) is 0 Å². The van der Waals surface area contributed by atoms with Crippen LogP contribution in [0.15, 0.2) is 40.9 Å². The highest BCUT2D eigenvalue weighted by Gasteiger charge is 2.39. The number of ether oxygens (including phenoxy) is 1. The van der Waals surface area contributed by atoms with Gasteiger partial charge in [-0.05, 0) is 79.0 Å². The summed E-state index contributed by atoms with van der Waals surface area (Å²) in [6, 6.07) is 5.72. The fourth-order valence-electron chi connectivity index (χ4n) is 2.91. The fourth-order valence-corrected chi connectivity index (χ4v) is 4.10. The van der Waals surface area contributed by atoms with E-state index in [-0.39, 0.29) is 26.2 Å². The number of rotatable bonds is 6. The van der Waals surface area contributed by atoms with Gasteiger partial charge in [0.2, 0.25) is 0 Å². The summed E-state index contributed by atoms with van der Waals surface area (Å²) < 4.78 is 46.8. The molecule has 2 rings (SSSR count). The molecule has 190 valence electrons. The van der Waals surface area contributed by atoms with Crippen LogP contribution < -0.4 is 5.32 Å². The second-order valence-electron chi connectivity index (χ2n) is 8.64. The Bertz CT molecular complexity index is 1120. The Morgan fingerprint density at radius 3 is 2.11 bits per heavy atom. The van der Waals surface area contributed by atoms with E-state index in [2.05, 4.69) is 21.2 Å². The molecule has 0 radical (unpaired) electrons. The second kappa shape index (κ2) is 11.5. The smallest absolute Gasteiger partial charge is 0.399 e. The van der Waals surface area contributed by atoms with Crippen LogP contribution in [0.1, 0.15) is 55.1 Å². The molecule has 0 spiro atoms. The van der Waals surface area contributed by atoms with E-state index in [1.807, 2.05) is 0 Å². The standard InChI is InChI=1S/C24H22BrCl3F3NO3/c1-12(22(34)35-23(2,3)4)32-21(33)15-7-5-13(9-17(15)25)6-8-16(24(29,30)31)14-10-18(26)20(28)19(27)11-14/h5-12,16H,1-4H3,(H,32,33). The number of alkyl halides is 3. The molecular formula is C24H22BrCl3F3NO3. The normalized spacial score (nSPS) is 14.0. The van der Waals surface area contributed by atoms with Crippen molar-refractivity contribution < 1.29 is 27.5 Å². The van der Waals surface area contributed by atoms with Crippen LogP contribution in [-0.2, 0) is 9.53 Å². The molecule has 35 heavy (non-hydrogen) atoms. The molecule has 0 aromatic heterocycles. The first-order valence-electron chi connectivity index (χ1n) is 10.2. The average Bonchev–Trinajstić information content (AvgIpc) is 2.69. The van der Waals surface area contributed by atoms with E-state index >= 15 is 0 Å². The van der Waals surface area contributed by atoms with Crippen molar-refractivity contribution in [1.29, 1.82) is 0 Å². The van der Waals surface area contributed by atoms with E-state index in [9.17, 15) is 22.8 Å². The van der Waals surface area contributed by atoms with Gasteiger partial charge >= 0.3 is 12.1 Å². The molecule has 1 N–H and O–H groups in total. The zero-order valence-corrected chi connectivity index (χ0v) is 22.9. The topological polar surface area (TPSA) is 55.4 Å². The van der Waals surface area contributed by atoms with Crippen molar-refractivity contribution in [2.45, 2.75) is 51.4 Å². The Kier molecular flexibility index (Phi) is 9.73. The van der Waals surface area contributed by atoms with Gasteiger partial charge in [0.05, 0.1) is 26.5 Å². The summed E-state index contributed by atoms with van der Waals surface area (Å²) in [5.74, 6) is -3.14. The molecule has 2 aromatic rings. The van der Waals surface area contributed by atoms with Gasteiger partial charge in [0.15, 0.2) is 0 Å². The van der Waals surface area contributed by atoms with Crippen LogP contribution in [0.3, 0.4) is 0 Å². The van der Waals surface area contributed by atoms with Crippen LogP contribution in [0.2, 0.25) is 15.1 Å². The van der Waals surface area contributed by atoms with Gasteiger partial charge in [-0.2, -0.15) is 13.2 Å². The van der Waals surface area contributed by atoms with Gasteiger partial charge in [0, 0.05) is 4.47 Å². The maximum absolute atomic E-state index is 13.7. The van der Waals surface area contributed by atoms with E-state index in [1.165, 1.54) is 31.2 Å². The molecule has 0 saturated carbocycles. The summed E-state index contributed by atoms with van der Waals surface area (Å²) in [5.41, 5.74) is -0.281. The number of benzene rings is 2. The molecule has 0 aliphatic carbocycles. The molecule has 0 fully saturated rings. The molecule has 0 aliphatic rings. The van der Waals surface area contributed by atoms with Crippen molar-refractivity contribution >= 4 is 68.7 Å². The summed E-state index contributed by atoms with van der Waals surface area (Å²) in [4.78, 5) is 24.7. The number of hydrogen-bond donors (Lipinski definition) is 1. The number of nitrogens with one attached hydrogen (secondary N) is 1. The van der Waals surface area contributed by atoms with Gasteiger partial charge in [0.1, 0.15) is 11.6 Å². The van der Waals surface area contributed by atoms with E-state index in [4.69, 9.17) is 39.5 Å². The Labute approximate surface area is 224 Å². The first-order chi connectivity index (χ1) is 16.0. The highest BCUT2D eigenvalue weighted by atomic mass is 79.9. The van der Waals surface area contributed by atoms with Crippen LogP contribution in [-0.4, -0.2) is 29.7 Å². The number of carbonyl (C=O) groups excluding carboxylic acids is 2. The number of hydrogen-bond acceptors (Lipinski definition) is 3. The van der Waals surface area contributed by atoms with E-state index in [0.29, 0.717) is 10.0 Å². The van der Waals surface area contributed by atoms with Crippen LogP contribution >= 0.6 is 50.7 Å². The van der Waals surface area contributed by atoms with Crippen molar-refractivity contribution in [1.82, 2.24) is 5.32 Å². The SMILES string of the molecule is CC(NC(=O)c1ccc(C=CC(c2cc(Cl)c(Cl)c(Cl)c2)C(F)(F)F)cc1Br)C(=O)OC(C)(C)C. The van der Waals surface area contributed by atoms with Gasteiger partial charge in [0.25, 0.3) is 5.91 Å². The van der Waals surface area contributed by atoms with Gasteiger partial charge in [-0.1, -0.05) is 53.0 Å². The molecule has 0 heterocycles. The minimum Gasteiger partial charge on any atom is -0.458 e. The predicted molar refractivity (Wildman–Crippen MR) is 136 cm³/mol. The van der Waals surface area contributed by atoms with Crippen LogP contribution in [0.25, 0.3) is 6.08 Å². The second-order valence-corrected chi connectivity index (χ2v) is 10.7. The lowest BCUT2D eigenvalue weighted by Crippen LogP contribution is -2.42. The summed E-state index contributed by atoms with van der Waals surface area (Å²) in [5, 5.41) is 2.34. The zero-order chi connectivity index (χ0) is 26.7. The predicted octanol–water partition coefficient (Wildman–Crippen LogP) is 8.23. The number of amides is 1. The third-order valence-corrected chi connectivity index (χ3v) is 6.40. The number of esters is 1.